The molecule has 0 saturated heterocycles. The van der Waals surface area contributed by atoms with Gasteiger partial charge in [0.05, 0.1) is 0 Å². The molecule has 4 nitrogen and oxygen atoms in total. The Bertz CT molecular complexity index is 177. The molecule has 0 atom stereocenters. The fourth-order valence-electron chi connectivity index (χ4n) is 0.704. The summed E-state index contributed by atoms with van der Waals surface area (Å²) >= 11 is 0. The summed E-state index contributed by atoms with van der Waals surface area (Å²) in [4.78, 5) is 20.1. The van der Waals surface area contributed by atoms with Gasteiger partial charge in [0.1, 0.15) is 11.6 Å². The molecule has 0 radical (unpaired) electrons. The minimum absolute atomic E-state index is 0. The third-order valence-corrected chi connectivity index (χ3v) is 1.20. The molecule has 0 aromatic rings. The summed E-state index contributed by atoms with van der Waals surface area (Å²) in [6.45, 7) is 13.7. The maximum atomic E-state index is 10.0. The van der Waals surface area contributed by atoms with Crippen LogP contribution in [-0.4, -0.2) is 23.8 Å². The first-order chi connectivity index (χ1) is 9.00. The van der Waals surface area contributed by atoms with Gasteiger partial charge in [-0.15, -0.1) is 12.2 Å². The van der Waals surface area contributed by atoms with Gasteiger partial charge in [-0.2, -0.15) is 0 Å². The van der Waals surface area contributed by atoms with Crippen molar-refractivity contribution in [1.29, 1.82) is 0 Å². The summed E-state index contributed by atoms with van der Waals surface area (Å²) in [5, 5.41) is 19.1. The Hall–Kier alpha value is -0.0257. The average molecular weight is 338 g/mol. The first-order valence-corrected chi connectivity index (χ1v) is 7.31. The molecule has 0 N–H and O–H groups in total. The zero-order chi connectivity index (χ0) is 17.1. The zero-order valence-corrected chi connectivity index (χ0v) is 16.7. The van der Waals surface area contributed by atoms with Crippen molar-refractivity contribution < 1.29 is 41.5 Å². The Morgan fingerprint density at radius 3 is 0.905 bits per heavy atom. The number of hydrogen-bond donors (Lipinski definition) is 0. The number of ketones is 2. The molecule has 21 heavy (non-hydrogen) atoms. The van der Waals surface area contributed by atoms with Gasteiger partial charge >= 0.3 is 21.7 Å². The van der Waals surface area contributed by atoms with Gasteiger partial charge in [0.25, 0.3) is 0 Å². The monoisotopic (exact) mass is 338 g/mol. The Morgan fingerprint density at radius 1 is 0.762 bits per heavy atom. The van der Waals surface area contributed by atoms with Crippen LogP contribution in [0.5, 0.6) is 0 Å². The second kappa shape index (κ2) is 28.2. The van der Waals surface area contributed by atoms with Crippen molar-refractivity contribution in [2.45, 2.75) is 93.3 Å². The molecule has 0 spiro atoms. The number of hydrogen-bond acceptors (Lipinski definition) is 4. The van der Waals surface area contributed by atoms with E-state index in [-0.39, 0.29) is 33.3 Å². The average Bonchev–Trinajstić information content (AvgIpc) is 2.15. The van der Waals surface area contributed by atoms with Crippen molar-refractivity contribution in [1.82, 2.24) is 0 Å². The molecular formula is C16H34O4Ti. The molecule has 0 heterocycles. The maximum absolute atomic E-state index is 10.0. The minimum Gasteiger partial charge on any atom is -0.852 e. The van der Waals surface area contributed by atoms with E-state index in [1.54, 1.807) is 41.5 Å². The normalized spacial score (nSPS) is 8.19. The Kier molecular flexibility index (Phi) is 44.0. The number of carbonyl (C=O) groups is 2. The van der Waals surface area contributed by atoms with Crippen molar-refractivity contribution in [2.75, 3.05) is 0 Å². The molecule has 5 heteroatoms. The molecule has 0 saturated carbocycles. The van der Waals surface area contributed by atoms with Crippen LogP contribution in [0.2, 0.25) is 0 Å². The van der Waals surface area contributed by atoms with Crippen LogP contribution in [0.1, 0.15) is 81.1 Å². The molecule has 0 aromatic heterocycles. The molecule has 0 bridgehead atoms. The predicted molar refractivity (Wildman–Crippen MR) is 81.5 cm³/mol. The summed E-state index contributed by atoms with van der Waals surface area (Å²) in [5.41, 5.74) is 0. The number of carbonyl (C=O) groups excluding carboxylic acids is 2. The minimum atomic E-state index is -0.417. The maximum Gasteiger partial charge on any atom is 2.00 e. The summed E-state index contributed by atoms with van der Waals surface area (Å²) in [5.74, 6) is 0.579. The molecule has 0 fully saturated rings. The summed E-state index contributed by atoms with van der Waals surface area (Å²) in [6.07, 6.45) is 2.60. The van der Waals surface area contributed by atoms with E-state index in [0.29, 0.717) is 0 Å². The fraction of sp³-hybridized carbons (Fsp3) is 0.875. The smallest absolute Gasteiger partial charge is 0.852 e. The van der Waals surface area contributed by atoms with Crippen molar-refractivity contribution in [3.8, 4) is 0 Å². The summed E-state index contributed by atoms with van der Waals surface area (Å²) in [6, 6.07) is 0. The zero-order valence-electron chi connectivity index (χ0n) is 15.1. The van der Waals surface area contributed by atoms with E-state index in [9.17, 15) is 19.8 Å². The van der Waals surface area contributed by atoms with Gasteiger partial charge < -0.3 is 19.8 Å². The van der Waals surface area contributed by atoms with Gasteiger partial charge in [-0.1, -0.05) is 41.5 Å². The topological polar surface area (TPSA) is 80.3 Å². The Labute approximate surface area is 146 Å². The van der Waals surface area contributed by atoms with E-state index in [2.05, 4.69) is 0 Å². The molecule has 0 aromatic carbocycles. The molecule has 0 aliphatic heterocycles. The Balaban J connectivity index is -0.0000000544. The van der Waals surface area contributed by atoms with Gasteiger partial charge in [-0.3, -0.25) is 0 Å². The number of rotatable bonds is 4. The van der Waals surface area contributed by atoms with Crippen LogP contribution in [0.4, 0.5) is 0 Å². The predicted octanol–water partition coefficient (Wildman–Crippen LogP) is 2.26. The van der Waals surface area contributed by atoms with Gasteiger partial charge in [-0.25, -0.2) is 0 Å². The van der Waals surface area contributed by atoms with Crippen LogP contribution in [0.15, 0.2) is 0 Å². The van der Waals surface area contributed by atoms with Crippen LogP contribution in [0.25, 0.3) is 0 Å². The third kappa shape index (κ3) is 181. The molecular weight excluding hydrogens is 304 g/mol. The van der Waals surface area contributed by atoms with Crippen molar-refractivity contribution in [2.24, 2.45) is 0 Å². The molecule has 0 aliphatic carbocycles. The SMILES string of the molecule is CC(C)[O-].CC(C)[O-].CCCC(C)=O.CCCC(C)=O.[Ti+2]. The van der Waals surface area contributed by atoms with E-state index in [0.717, 1.165) is 25.7 Å². The van der Waals surface area contributed by atoms with Crippen molar-refractivity contribution >= 4 is 11.6 Å². The van der Waals surface area contributed by atoms with Crippen molar-refractivity contribution in [3.05, 3.63) is 0 Å². The standard InChI is InChI=1S/2C5H10O.2C3H7O.Ti/c2*1-3-4-5(2)6;2*1-3(2)4;/h2*3-4H2,1-2H3;2*3H,1-2H3;/q;;2*-1;+2. The van der Waals surface area contributed by atoms with E-state index in [1.165, 1.54) is 0 Å². The van der Waals surface area contributed by atoms with Crippen LogP contribution >= 0.6 is 0 Å². The molecule has 0 amide bonds. The van der Waals surface area contributed by atoms with E-state index in [4.69, 9.17) is 0 Å². The largest absolute Gasteiger partial charge is 2.00 e. The number of Topliss-reactive ketones (excluding diaryl/α,β-unsaturated/α-hetero) is 2. The van der Waals surface area contributed by atoms with Gasteiger partial charge in [0, 0.05) is 12.8 Å². The first kappa shape index (κ1) is 32.8. The van der Waals surface area contributed by atoms with Crippen LogP contribution in [0.3, 0.4) is 0 Å². The second-order valence-corrected chi connectivity index (χ2v) is 5.00. The summed E-state index contributed by atoms with van der Waals surface area (Å²) in [7, 11) is 0. The second-order valence-electron chi connectivity index (χ2n) is 5.00. The van der Waals surface area contributed by atoms with E-state index in [1.807, 2.05) is 13.8 Å². The summed E-state index contributed by atoms with van der Waals surface area (Å²) < 4.78 is 0. The van der Waals surface area contributed by atoms with Gasteiger partial charge in [0.15, 0.2) is 0 Å². The van der Waals surface area contributed by atoms with Crippen LogP contribution in [-0.2, 0) is 31.3 Å². The molecule has 126 valence electrons. The van der Waals surface area contributed by atoms with Gasteiger partial charge in [0.2, 0.25) is 0 Å². The van der Waals surface area contributed by atoms with E-state index < -0.39 is 12.2 Å². The fourth-order valence-corrected chi connectivity index (χ4v) is 0.704. The van der Waals surface area contributed by atoms with Gasteiger partial charge in [-0.05, 0) is 26.7 Å². The first-order valence-electron chi connectivity index (χ1n) is 7.31. The quantitative estimate of drug-likeness (QED) is 0.737. The van der Waals surface area contributed by atoms with E-state index >= 15 is 0 Å². The van der Waals surface area contributed by atoms with Crippen molar-refractivity contribution in [3.63, 3.8) is 0 Å². The Morgan fingerprint density at radius 2 is 0.905 bits per heavy atom. The third-order valence-electron chi connectivity index (χ3n) is 1.20. The van der Waals surface area contributed by atoms with Crippen LogP contribution < -0.4 is 10.2 Å². The van der Waals surface area contributed by atoms with Crippen LogP contribution in [0, 0.1) is 0 Å². The molecule has 0 aliphatic rings. The molecule has 0 rings (SSSR count). The molecule has 0 unspecified atom stereocenters.